The highest BCUT2D eigenvalue weighted by molar-refractivity contribution is 5.92. The minimum atomic E-state index is -1.07. The summed E-state index contributed by atoms with van der Waals surface area (Å²) in [4.78, 5) is 14.6. The predicted octanol–water partition coefficient (Wildman–Crippen LogP) is 2.04. The standard InChI is InChI=1S/C10H7NO3/c12-10(13)9-8(3-6-14-9)7-1-4-11-5-2-7/h1-6H,(H,12,13). The minimum absolute atomic E-state index is 0.0452. The van der Waals surface area contributed by atoms with Crippen LogP contribution < -0.4 is 0 Å². The van der Waals surface area contributed by atoms with Gasteiger partial charge in [-0.1, -0.05) is 0 Å². The first-order valence-corrected chi connectivity index (χ1v) is 4.00. The monoisotopic (exact) mass is 189 g/mol. The Morgan fingerprint density at radius 3 is 2.64 bits per heavy atom. The van der Waals surface area contributed by atoms with Gasteiger partial charge in [0.05, 0.1) is 6.26 Å². The van der Waals surface area contributed by atoms with Gasteiger partial charge in [0.15, 0.2) is 0 Å². The number of carboxylic acid groups (broad SMARTS) is 1. The van der Waals surface area contributed by atoms with Crippen molar-refractivity contribution < 1.29 is 14.3 Å². The summed E-state index contributed by atoms with van der Waals surface area (Å²) >= 11 is 0. The van der Waals surface area contributed by atoms with Crippen LogP contribution in [0.15, 0.2) is 41.3 Å². The summed E-state index contributed by atoms with van der Waals surface area (Å²) in [6, 6.07) is 5.09. The molecule has 0 unspecified atom stereocenters. The van der Waals surface area contributed by atoms with Gasteiger partial charge in [-0.2, -0.15) is 0 Å². The first-order chi connectivity index (χ1) is 6.79. The Kier molecular flexibility index (Phi) is 2.02. The molecular weight excluding hydrogens is 182 g/mol. The molecule has 0 aliphatic carbocycles. The van der Waals surface area contributed by atoms with E-state index in [-0.39, 0.29) is 5.76 Å². The SMILES string of the molecule is O=C(O)c1occc1-c1ccncc1. The molecule has 0 saturated heterocycles. The quantitative estimate of drug-likeness (QED) is 0.785. The van der Waals surface area contributed by atoms with Crippen LogP contribution >= 0.6 is 0 Å². The Labute approximate surface area is 79.8 Å². The zero-order valence-corrected chi connectivity index (χ0v) is 7.18. The lowest BCUT2D eigenvalue weighted by Gasteiger charge is -1.97. The highest BCUT2D eigenvalue weighted by atomic mass is 16.4. The van der Waals surface area contributed by atoms with E-state index in [9.17, 15) is 4.79 Å². The van der Waals surface area contributed by atoms with E-state index in [1.165, 1.54) is 6.26 Å². The maximum atomic E-state index is 10.7. The molecule has 0 fully saturated rings. The van der Waals surface area contributed by atoms with Crippen LogP contribution in [-0.4, -0.2) is 16.1 Å². The highest BCUT2D eigenvalue weighted by Crippen LogP contribution is 2.23. The van der Waals surface area contributed by atoms with E-state index in [1.54, 1.807) is 30.6 Å². The van der Waals surface area contributed by atoms with E-state index < -0.39 is 5.97 Å². The number of nitrogens with zero attached hydrogens (tertiary/aromatic N) is 1. The molecule has 0 radical (unpaired) electrons. The van der Waals surface area contributed by atoms with Crippen LogP contribution in [0.5, 0.6) is 0 Å². The molecule has 0 aliphatic heterocycles. The summed E-state index contributed by atoms with van der Waals surface area (Å²) in [6.07, 6.45) is 4.57. The molecule has 0 aliphatic rings. The number of hydrogen-bond donors (Lipinski definition) is 1. The third-order valence-electron chi connectivity index (χ3n) is 1.85. The topological polar surface area (TPSA) is 63.3 Å². The van der Waals surface area contributed by atoms with Crippen molar-refractivity contribution in [3.8, 4) is 11.1 Å². The molecule has 4 nitrogen and oxygen atoms in total. The normalized spacial score (nSPS) is 10.0. The third kappa shape index (κ3) is 1.37. The molecule has 14 heavy (non-hydrogen) atoms. The van der Waals surface area contributed by atoms with Gasteiger partial charge in [0.2, 0.25) is 5.76 Å². The Morgan fingerprint density at radius 2 is 2.00 bits per heavy atom. The number of rotatable bonds is 2. The van der Waals surface area contributed by atoms with E-state index in [1.807, 2.05) is 0 Å². The number of aromatic carboxylic acids is 1. The molecule has 0 saturated carbocycles. The van der Waals surface area contributed by atoms with Gasteiger partial charge >= 0.3 is 5.97 Å². The van der Waals surface area contributed by atoms with Crippen LogP contribution in [-0.2, 0) is 0 Å². The maximum absolute atomic E-state index is 10.7. The van der Waals surface area contributed by atoms with Crippen molar-refractivity contribution in [2.24, 2.45) is 0 Å². The lowest BCUT2D eigenvalue weighted by Crippen LogP contribution is -1.95. The van der Waals surface area contributed by atoms with Crippen LogP contribution in [0, 0.1) is 0 Å². The van der Waals surface area contributed by atoms with Gasteiger partial charge in [-0.3, -0.25) is 4.98 Å². The molecular formula is C10H7NO3. The van der Waals surface area contributed by atoms with Crippen molar-refractivity contribution in [2.75, 3.05) is 0 Å². The molecule has 2 aromatic rings. The molecule has 70 valence electrons. The fraction of sp³-hybridized carbons (Fsp3) is 0. The number of furan rings is 1. The molecule has 2 heterocycles. The summed E-state index contributed by atoms with van der Waals surface area (Å²) in [7, 11) is 0. The third-order valence-corrected chi connectivity index (χ3v) is 1.85. The predicted molar refractivity (Wildman–Crippen MR) is 48.9 cm³/mol. The van der Waals surface area contributed by atoms with Gasteiger partial charge < -0.3 is 9.52 Å². The average molecular weight is 189 g/mol. The largest absolute Gasteiger partial charge is 0.475 e. The van der Waals surface area contributed by atoms with Crippen LogP contribution in [0.2, 0.25) is 0 Å². The second-order valence-corrected chi connectivity index (χ2v) is 2.70. The van der Waals surface area contributed by atoms with Crippen LogP contribution in [0.4, 0.5) is 0 Å². The van der Waals surface area contributed by atoms with E-state index in [0.29, 0.717) is 5.56 Å². The Hall–Kier alpha value is -2.10. The minimum Gasteiger partial charge on any atom is -0.475 e. The van der Waals surface area contributed by atoms with Crippen molar-refractivity contribution >= 4 is 5.97 Å². The number of carboxylic acids is 1. The second-order valence-electron chi connectivity index (χ2n) is 2.70. The lowest BCUT2D eigenvalue weighted by molar-refractivity contribution is 0.0663. The van der Waals surface area contributed by atoms with Gasteiger partial charge in [-0.15, -0.1) is 0 Å². The molecule has 0 atom stereocenters. The fourth-order valence-electron chi connectivity index (χ4n) is 1.23. The second kappa shape index (κ2) is 3.33. The number of aromatic nitrogens is 1. The molecule has 1 N–H and O–H groups in total. The average Bonchev–Trinajstić information content (AvgIpc) is 2.67. The first-order valence-electron chi connectivity index (χ1n) is 4.00. The van der Waals surface area contributed by atoms with Gasteiger partial charge in [0.25, 0.3) is 0 Å². The summed E-state index contributed by atoms with van der Waals surface area (Å²) in [5.41, 5.74) is 1.35. The Morgan fingerprint density at radius 1 is 1.29 bits per heavy atom. The van der Waals surface area contributed by atoms with Crippen molar-refractivity contribution in [2.45, 2.75) is 0 Å². The summed E-state index contributed by atoms with van der Waals surface area (Å²) in [5.74, 6) is -1.11. The van der Waals surface area contributed by atoms with Crippen LogP contribution in [0.1, 0.15) is 10.6 Å². The van der Waals surface area contributed by atoms with E-state index in [4.69, 9.17) is 9.52 Å². The van der Waals surface area contributed by atoms with Gasteiger partial charge in [-0.25, -0.2) is 4.79 Å². The van der Waals surface area contributed by atoms with Crippen molar-refractivity contribution in [3.63, 3.8) is 0 Å². The zero-order valence-electron chi connectivity index (χ0n) is 7.18. The summed E-state index contributed by atoms with van der Waals surface area (Å²) in [6.45, 7) is 0. The van der Waals surface area contributed by atoms with Gasteiger partial charge in [0.1, 0.15) is 0 Å². The zero-order chi connectivity index (χ0) is 9.97. The van der Waals surface area contributed by atoms with Gasteiger partial charge in [0, 0.05) is 18.0 Å². The number of carbonyl (C=O) groups is 1. The fourth-order valence-corrected chi connectivity index (χ4v) is 1.23. The van der Waals surface area contributed by atoms with E-state index >= 15 is 0 Å². The van der Waals surface area contributed by atoms with Crippen molar-refractivity contribution in [1.82, 2.24) is 4.98 Å². The Balaban J connectivity index is 2.52. The highest BCUT2D eigenvalue weighted by Gasteiger charge is 2.14. The molecule has 0 spiro atoms. The number of pyridine rings is 1. The summed E-state index contributed by atoms with van der Waals surface area (Å²) < 4.78 is 4.86. The van der Waals surface area contributed by atoms with Crippen molar-refractivity contribution in [3.05, 3.63) is 42.6 Å². The summed E-state index contributed by atoms with van der Waals surface area (Å²) in [5, 5.41) is 8.81. The first kappa shape index (κ1) is 8.50. The maximum Gasteiger partial charge on any atom is 0.372 e. The van der Waals surface area contributed by atoms with E-state index in [2.05, 4.69) is 4.98 Å². The molecule has 0 amide bonds. The van der Waals surface area contributed by atoms with Crippen molar-refractivity contribution in [1.29, 1.82) is 0 Å². The Bertz CT molecular complexity index is 447. The van der Waals surface area contributed by atoms with Crippen LogP contribution in [0.25, 0.3) is 11.1 Å². The van der Waals surface area contributed by atoms with Crippen LogP contribution in [0.3, 0.4) is 0 Å². The molecule has 2 rings (SSSR count). The molecule has 4 heteroatoms. The molecule has 0 bridgehead atoms. The van der Waals surface area contributed by atoms with Gasteiger partial charge in [-0.05, 0) is 23.8 Å². The smallest absolute Gasteiger partial charge is 0.372 e. The molecule has 0 aromatic carbocycles. The number of hydrogen-bond acceptors (Lipinski definition) is 3. The van der Waals surface area contributed by atoms with E-state index in [0.717, 1.165) is 5.56 Å². The lowest BCUT2D eigenvalue weighted by atomic mass is 10.1. The molecule has 2 aromatic heterocycles.